The average molecular weight is 264 g/mol. The lowest BCUT2D eigenvalue weighted by Crippen LogP contribution is -2.09. The molecule has 0 amide bonds. The van der Waals surface area contributed by atoms with E-state index < -0.39 is 6.10 Å². The SMILES string of the molecule is Cc1nnsc1C(O)c1ccccc1OC(C)C. The Morgan fingerprint density at radius 3 is 2.61 bits per heavy atom. The van der Waals surface area contributed by atoms with Gasteiger partial charge in [-0.1, -0.05) is 22.7 Å². The fraction of sp³-hybridized carbons (Fsp3) is 0.385. The fourth-order valence-corrected chi connectivity index (χ4v) is 2.35. The number of hydrogen-bond donors (Lipinski definition) is 1. The number of benzene rings is 1. The largest absolute Gasteiger partial charge is 0.491 e. The van der Waals surface area contributed by atoms with Crippen LogP contribution in [0, 0.1) is 6.92 Å². The van der Waals surface area contributed by atoms with Gasteiger partial charge in [0.25, 0.3) is 0 Å². The molecule has 2 aromatic rings. The van der Waals surface area contributed by atoms with Gasteiger partial charge in [0.15, 0.2) is 0 Å². The maximum atomic E-state index is 10.4. The Balaban J connectivity index is 2.36. The maximum Gasteiger partial charge on any atom is 0.125 e. The normalized spacial score (nSPS) is 12.7. The van der Waals surface area contributed by atoms with Crippen LogP contribution in [0.4, 0.5) is 0 Å². The van der Waals surface area contributed by atoms with Crippen molar-refractivity contribution in [1.29, 1.82) is 0 Å². The van der Waals surface area contributed by atoms with Crippen molar-refractivity contribution in [3.8, 4) is 5.75 Å². The van der Waals surface area contributed by atoms with Gasteiger partial charge in [0, 0.05) is 5.56 Å². The van der Waals surface area contributed by atoms with Gasteiger partial charge in [0.1, 0.15) is 11.9 Å². The third-order valence-electron chi connectivity index (χ3n) is 2.51. The summed E-state index contributed by atoms with van der Waals surface area (Å²) in [6.45, 7) is 5.76. The zero-order chi connectivity index (χ0) is 13.1. The zero-order valence-electron chi connectivity index (χ0n) is 10.6. The van der Waals surface area contributed by atoms with E-state index in [2.05, 4.69) is 9.59 Å². The second-order valence-electron chi connectivity index (χ2n) is 4.33. The molecular formula is C13H16N2O2S. The minimum absolute atomic E-state index is 0.0685. The second kappa shape index (κ2) is 5.46. The van der Waals surface area contributed by atoms with Crippen molar-refractivity contribution in [3.63, 3.8) is 0 Å². The molecule has 0 radical (unpaired) electrons. The van der Waals surface area contributed by atoms with Crippen molar-refractivity contribution in [1.82, 2.24) is 9.59 Å². The third kappa shape index (κ3) is 2.68. The molecule has 0 aliphatic heterocycles. The van der Waals surface area contributed by atoms with Crippen molar-refractivity contribution < 1.29 is 9.84 Å². The van der Waals surface area contributed by atoms with Crippen LogP contribution in [0.1, 0.15) is 36.1 Å². The minimum atomic E-state index is -0.736. The van der Waals surface area contributed by atoms with Gasteiger partial charge < -0.3 is 9.84 Å². The van der Waals surface area contributed by atoms with Crippen molar-refractivity contribution in [2.45, 2.75) is 33.0 Å². The summed E-state index contributed by atoms with van der Waals surface area (Å²) in [6, 6.07) is 7.51. The first-order valence-corrected chi connectivity index (χ1v) is 6.59. The molecule has 1 heterocycles. The van der Waals surface area contributed by atoms with Gasteiger partial charge in [-0.3, -0.25) is 0 Å². The molecule has 1 aromatic heterocycles. The molecule has 4 nitrogen and oxygen atoms in total. The molecule has 96 valence electrons. The fourth-order valence-electron chi connectivity index (χ4n) is 1.70. The monoisotopic (exact) mass is 264 g/mol. The van der Waals surface area contributed by atoms with Crippen molar-refractivity contribution in [2.24, 2.45) is 0 Å². The van der Waals surface area contributed by atoms with E-state index in [9.17, 15) is 5.11 Å². The number of ether oxygens (including phenoxy) is 1. The van der Waals surface area contributed by atoms with E-state index >= 15 is 0 Å². The molecule has 1 unspecified atom stereocenters. The number of aliphatic hydroxyl groups is 1. The molecule has 0 aliphatic carbocycles. The summed E-state index contributed by atoms with van der Waals surface area (Å²) in [5, 5.41) is 14.3. The van der Waals surface area contributed by atoms with E-state index in [0.29, 0.717) is 5.75 Å². The average Bonchev–Trinajstić information content (AvgIpc) is 2.74. The molecule has 18 heavy (non-hydrogen) atoms. The Bertz CT molecular complexity index is 525. The van der Waals surface area contributed by atoms with Crippen LogP contribution in [-0.4, -0.2) is 20.8 Å². The summed E-state index contributed by atoms with van der Waals surface area (Å²) < 4.78 is 9.56. The van der Waals surface area contributed by atoms with E-state index in [-0.39, 0.29) is 6.10 Å². The Kier molecular flexibility index (Phi) is 3.93. The van der Waals surface area contributed by atoms with Gasteiger partial charge in [-0.25, -0.2) is 0 Å². The topological polar surface area (TPSA) is 55.2 Å². The van der Waals surface area contributed by atoms with Crippen LogP contribution < -0.4 is 4.74 Å². The first kappa shape index (κ1) is 13.0. The summed E-state index contributed by atoms with van der Waals surface area (Å²) in [4.78, 5) is 0.759. The molecule has 1 atom stereocenters. The summed E-state index contributed by atoms with van der Waals surface area (Å²) in [5.74, 6) is 0.702. The standard InChI is InChI=1S/C13H16N2O2S/c1-8(2)17-11-7-5-4-6-10(11)12(16)13-9(3)14-15-18-13/h4-8,12,16H,1-3H3. The lowest BCUT2D eigenvalue weighted by Gasteiger charge is -2.17. The lowest BCUT2D eigenvalue weighted by molar-refractivity contribution is 0.200. The second-order valence-corrected chi connectivity index (χ2v) is 5.12. The van der Waals surface area contributed by atoms with Crippen molar-refractivity contribution in [3.05, 3.63) is 40.4 Å². The quantitative estimate of drug-likeness (QED) is 0.922. The maximum absolute atomic E-state index is 10.4. The Morgan fingerprint density at radius 2 is 2.00 bits per heavy atom. The molecule has 0 fully saturated rings. The van der Waals surface area contributed by atoms with Crippen LogP contribution in [0.5, 0.6) is 5.75 Å². The van der Waals surface area contributed by atoms with Crippen LogP contribution in [0.2, 0.25) is 0 Å². The van der Waals surface area contributed by atoms with Crippen LogP contribution in [0.25, 0.3) is 0 Å². The van der Waals surface area contributed by atoms with Crippen LogP contribution >= 0.6 is 11.5 Å². The Labute approximate surface area is 110 Å². The van der Waals surface area contributed by atoms with E-state index in [0.717, 1.165) is 16.1 Å². The van der Waals surface area contributed by atoms with Crippen LogP contribution in [0.15, 0.2) is 24.3 Å². The molecule has 5 heteroatoms. The Morgan fingerprint density at radius 1 is 1.28 bits per heavy atom. The third-order valence-corrected chi connectivity index (χ3v) is 3.39. The molecule has 0 spiro atoms. The van der Waals surface area contributed by atoms with Crippen molar-refractivity contribution >= 4 is 11.5 Å². The predicted molar refractivity (Wildman–Crippen MR) is 70.9 cm³/mol. The minimum Gasteiger partial charge on any atom is -0.491 e. The summed E-state index contributed by atoms with van der Waals surface area (Å²) >= 11 is 1.21. The van der Waals surface area contributed by atoms with Gasteiger partial charge in [0.05, 0.1) is 16.7 Å². The highest BCUT2D eigenvalue weighted by Crippen LogP contribution is 2.32. The van der Waals surface area contributed by atoms with Crippen LogP contribution in [-0.2, 0) is 0 Å². The number of para-hydroxylation sites is 1. The number of hydrogen-bond acceptors (Lipinski definition) is 5. The molecule has 0 aliphatic rings. The highest BCUT2D eigenvalue weighted by molar-refractivity contribution is 7.05. The summed E-state index contributed by atoms with van der Waals surface area (Å²) in [7, 11) is 0. The number of aliphatic hydroxyl groups excluding tert-OH is 1. The van der Waals surface area contributed by atoms with E-state index in [1.807, 2.05) is 45.0 Å². The molecule has 0 saturated heterocycles. The van der Waals surface area contributed by atoms with Gasteiger partial charge >= 0.3 is 0 Å². The number of rotatable bonds is 4. The summed E-state index contributed by atoms with van der Waals surface area (Å²) in [5.41, 5.74) is 1.51. The first-order valence-electron chi connectivity index (χ1n) is 5.82. The zero-order valence-corrected chi connectivity index (χ0v) is 11.4. The molecule has 0 saturated carbocycles. The number of nitrogens with zero attached hydrogens (tertiary/aromatic N) is 2. The van der Waals surface area contributed by atoms with Gasteiger partial charge in [-0.05, 0) is 38.4 Å². The first-order chi connectivity index (χ1) is 8.59. The van der Waals surface area contributed by atoms with E-state index in [1.54, 1.807) is 0 Å². The Hall–Kier alpha value is -1.46. The highest BCUT2D eigenvalue weighted by atomic mass is 32.1. The van der Waals surface area contributed by atoms with Crippen LogP contribution in [0.3, 0.4) is 0 Å². The molecule has 0 bridgehead atoms. The van der Waals surface area contributed by atoms with E-state index in [4.69, 9.17) is 4.74 Å². The smallest absolute Gasteiger partial charge is 0.125 e. The molecular weight excluding hydrogens is 248 g/mol. The molecule has 2 rings (SSSR count). The number of aromatic nitrogens is 2. The molecule has 1 aromatic carbocycles. The van der Waals surface area contributed by atoms with Gasteiger partial charge in [-0.2, -0.15) is 0 Å². The van der Waals surface area contributed by atoms with Gasteiger partial charge in [0.2, 0.25) is 0 Å². The van der Waals surface area contributed by atoms with Gasteiger partial charge in [-0.15, -0.1) is 5.10 Å². The lowest BCUT2D eigenvalue weighted by atomic mass is 10.1. The predicted octanol–water partition coefficient (Wildman–Crippen LogP) is 2.72. The van der Waals surface area contributed by atoms with Crippen molar-refractivity contribution in [2.75, 3.05) is 0 Å². The molecule has 1 N–H and O–H groups in total. The van der Waals surface area contributed by atoms with E-state index in [1.165, 1.54) is 11.5 Å². The highest BCUT2D eigenvalue weighted by Gasteiger charge is 2.20. The summed E-state index contributed by atoms with van der Waals surface area (Å²) in [6.07, 6.45) is -0.668. The number of aryl methyl sites for hydroxylation is 1.